The van der Waals surface area contributed by atoms with E-state index in [1.165, 1.54) is 0 Å². The highest BCUT2D eigenvalue weighted by Gasteiger charge is 2.23. The van der Waals surface area contributed by atoms with Gasteiger partial charge in [-0.05, 0) is 18.6 Å². The minimum Gasteiger partial charge on any atom is -0.345 e. The van der Waals surface area contributed by atoms with E-state index in [-0.39, 0.29) is 11.9 Å². The van der Waals surface area contributed by atoms with Crippen LogP contribution in [0.3, 0.4) is 0 Å². The molecule has 14 heavy (non-hydrogen) atoms. The van der Waals surface area contributed by atoms with Gasteiger partial charge in [-0.25, -0.2) is 0 Å². The summed E-state index contributed by atoms with van der Waals surface area (Å²) in [7, 11) is 0. The van der Waals surface area contributed by atoms with E-state index in [0.717, 1.165) is 13.0 Å². The molecule has 0 bridgehead atoms. The van der Waals surface area contributed by atoms with Crippen LogP contribution >= 0.6 is 0 Å². The summed E-state index contributed by atoms with van der Waals surface area (Å²) in [6, 6.07) is 4.01. The zero-order valence-corrected chi connectivity index (χ0v) is 8.10. The number of nitrogens with two attached hydrogens (primary N) is 1. The number of likely N-dealkylation sites (tertiary alicyclic amines) is 1. The smallest absolute Gasteiger partial charge is 0.242 e. The van der Waals surface area contributed by atoms with Gasteiger partial charge in [0.25, 0.3) is 0 Å². The third kappa shape index (κ3) is 1.96. The Morgan fingerprint density at radius 2 is 2.14 bits per heavy atom. The number of hydrogen-bond acceptors (Lipinski definition) is 2. The lowest BCUT2D eigenvalue weighted by Gasteiger charge is -2.15. The molecule has 1 amide bonds. The van der Waals surface area contributed by atoms with Crippen LogP contribution in [0.5, 0.6) is 0 Å². The normalized spacial score (nSPS) is 21.5. The Morgan fingerprint density at radius 3 is 2.71 bits per heavy atom. The topological polar surface area (TPSA) is 51.3 Å². The second kappa shape index (κ2) is 3.84. The van der Waals surface area contributed by atoms with Crippen LogP contribution in [0, 0.1) is 0 Å². The van der Waals surface area contributed by atoms with Crippen LogP contribution in [0.4, 0.5) is 0 Å². The van der Waals surface area contributed by atoms with Crippen molar-refractivity contribution >= 4 is 5.91 Å². The van der Waals surface area contributed by atoms with E-state index >= 15 is 0 Å². The lowest BCUT2D eigenvalue weighted by atomic mass is 10.3. The quantitative estimate of drug-likeness (QED) is 0.721. The maximum Gasteiger partial charge on any atom is 0.242 e. The van der Waals surface area contributed by atoms with Crippen LogP contribution in [0.15, 0.2) is 24.5 Å². The number of hydrogen-bond donors (Lipinski definition) is 1. The predicted molar refractivity (Wildman–Crippen MR) is 53.6 cm³/mol. The molecule has 4 nitrogen and oxygen atoms in total. The molecule has 2 rings (SSSR count). The van der Waals surface area contributed by atoms with E-state index in [1.54, 1.807) is 0 Å². The third-order valence-electron chi connectivity index (χ3n) is 2.56. The van der Waals surface area contributed by atoms with Gasteiger partial charge in [0.1, 0.15) is 6.54 Å². The third-order valence-corrected chi connectivity index (χ3v) is 2.56. The van der Waals surface area contributed by atoms with Gasteiger partial charge in [0, 0.05) is 31.5 Å². The molecule has 1 aliphatic heterocycles. The Bertz CT molecular complexity index is 307. The van der Waals surface area contributed by atoms with E-state index < -0.39 is 0 Å². The van der Waals surface area contributed by atoms with Gasteiger partial charge in [-0.15, -0.1) is 0 Å². The van der Waals surface area contributed by atoms with Crippen molar-refractivity contribution in [1.29, 1.82) is 0 Å². The number of carbonyl (C=O) groups is 1. The Balaban J connectivity index is 1.90. The van der Waals surface area contributed by atoms with Crippen molar-refractivity contribution in [1.82, 2.24) is 9.47 Å². The number of carbonyl (C=O) groups excluding carboxylic acids is 1. The van der Waals surface area contributed by atoms with Crippen molar-refractivity contribution in [3.8, 4) is 0 Å². The van der Waals surface area contributed by atoms with Gasteiger partial charge in [-0.2, -0.15) is 0 Å². The van der Waals surface area contributed by atoms with Crippen LogP contribution in [0.2, 0.25) is 0 Å². The van der Waals surface area contributed by atoms with Crippen molar-refractivity contribution in [2.45, 2.75) is 19.0 Å². The SMILES string of the molecule is NC1CCN(C(=O)Cn2cccc2)C1. The summed E-state index contributed by atoms with van der Waals surface area (Å²) in [4.78, 5) is 13.5. The van der Waals surface area contributed by atoms with Crippen molar-refractivity contribution in [2.75, 3.05) is 13.1 Å². The van der Waals surface area contributed by atoms with Crippen LogP contribution < -0.4 is 5.73 Å². The van der Waals surface area contributed by atoms with E-state index in [0.29, 0.717) is 13.1 Å². The molecule has 1 unspecified atom stereocenters. The fourth-order valence-electron chi connectivity index (χ4n) is 1.75. The molecule has 0 saturated carbocycles. The largest absolute Gasteiger partial charge is 0.345 e. The van der Waals surface area contributed by atoms with Gasteiger partial charge in [0.15, 0.2) is 0 Å². The maximum atomic E-state index is 11.7. The minimum atomic E-state index is 0.161. The molecule has 2 heterocycles. The van der Waals surface area contributed by atoms with Gasteiger partial charge < -0.3 is 15.2 Å². The van der Waals surface area contributed by atoms with E-state index in [9.17, 15) is 4.79 Å². The average Bonchev–Trinajstić information content (AvgIpc) is 2.75. The zero-order chi connectivity index (χ0) is 9.97. The Morgan fingerprint density at radius 1 is 1.43 bits per heavy atom. The van der Waals surface area contributed by atoms with Gasteiger partial charge in [0.05, 0.1) is 0 Å². The Kier molecular flexibility index (Phi) is 2.54. The second-order valence-corrected chi connectivity index (χ2v) is 3.74. The molecule has 1 aromatic heterocycles. The van der Waals surface area contributed by atoms with Gasteiger partial charge in [-0.1, -0.05) is 0 Å². The van der Waals surface area contributed by atoms with E-state index in [1.807, 2.05) is 34.0 Å². The Labute approximate surface area is 83.3 Å². The molecule has 76 valence electrons. The number of amides is 1. The molecule has 0 aromatic carbocycles. The van der Waals surface area contributed by atoms with Crippen LogP contribution in [-0.2, 0) is 11.3 Å². The molecular formula is C10H15N3O. The summed E-state index contributed by atoms with van der Waals surface area (Å²) >= 11 is 0. The van der Waals surface area contributed by atoms with Crippen molar-refractivity contribution < 1.29 is 4.79 Å². The standard InChI is InChI=1S/C10H15N3O/c11-9-3-6-13(7-9)10(14)8-12-4-1-2-5-12/h1-2,4-5,9H,3,6-8,11H2. The number of rotatable bonds is 2. The van der Waals surface area contributed by atoms with E-state index in [2.05, 4.69) is 0 Å². The number of nitrogens with zero attached hydrogens (tertiary/aromatic N) is 2. The molecule has 1 aliphatic rings. The summed E-state index contributed by atoms with van der Waals surface area (Å²) in [6.45, 7) is 1.95. The molecule has 1 saturated heterocycles. The van der Waals surface area contributed by atoms with Crippen molar-refractivity contribution in [3.05, 3.63) is 24.5 Å². The van der Waals surface area contributed by atoms with Crippen LogP contribution in [0.1, 0.15) is 6.42 Å². The first-order valence-electron chi connectivity index (χ1n) is 4.90. The molecule has 2 N–H and O–H groups in total. The fraction of sp³-hybridized carbons (Fsp3) is 0.500. The first-order chi connectivity index (χ1) is 6.75. The number of aromatic nitrogens is 1. The summed E-state index contributed by atoms with van der Waals surface area (Å²) in [5.74, 6) is 0.161. The highest BCUT2D eigenvalue weighted by molar-refractivity contribution is 5.76. The molecule has 1 fully saturated rings. The Hall–Kier alpha value is -1.29. The molecule has 4 heteroatoms. The molecule has 0 spiro atoms. The summed E-state index contributed by atoms with van der Waals surface area (Å²) in [5.41, 5.74) is 5.74. The first kappa shape index (κ1) is 9.27. The maximum absolute atomic E-state index is 11.7. The van der Waals surface area contributed by atoms with Gasteiger partial charge >= 0.3 is 0 Å². The fourth-order valence-corrected chi connectivity index (χ4v) is 1.75. The predicted octanol–water partition coefficient (Wildman–Crippen LogP) is 0.0477. The highest BCUT2D eigenvalue weighted by Crippen LogP contribution is 2.07. The monoisotopic (exact) mass is 193 g/mol. The van der Waals surface area contributed by atoms with Crippen molar-refractivity contribution in [3.63, 3.8) is 0 Å². The zero-order valence-electron chi connectivity index (χ0n) is 8.10. The summed E-state index contributed by atoms with van der Waals surface area (Å²) < 4.78 is 1.88. The second-order valence-electron chi connectivity index (χ2n) is 3.74. The molecule has 1 aromatic rings. The van der Waals surface area contributed by atoms with Crippen LogP contribution in [0.25, 0.3) is 0 Å². The average molecular weight is 193 g/mol. The summed E-state index contributed by atoms with van der Waals surface area (Å²) in [5, 5.41) is 0. The lowest BCUT2D eigenvalue weighted by Crippen LogP contribution is -2.34. The van der Waals surface area contributed by atoms with Crippen molar-refractivity contribution in [2.24, 2.45) is 5.73 Å². The van der Waals surface area contributed by atoms with Crippen LogP contribution in [-0.4, -0.2) is 34.5 Å². The van der Waals surface area contributed by atoms with E-state index in [4.69, 9.17) is 5.73 Å². The molecule has 1 atom stereocenters. The first-order valence-corrected chi connectivity index (χ1v) is 4.90. The van der Waals surface area contributed by atoms with Gasteiger partial charge in [-0.3, -0.25) is 4.79 Å². The molecule has 0 radical (unpaired) electrons. The molecule has 0 aliphatic carbocycles. The summed E-state index contributed by atoms with van der Waals surface area (Å²) in [6.07, 6.45) is 4.72. The van der Waals surface area contributed by atoms with Gasteiger partial charge in [0.2, 0.25) is 5.91 Å². The minimum absolute atomic E-state index is 0.161. The lowest BCUT2D eigenvalue weighted by molar-refractivity contribution is -0.130. The highest BCUT2D eigenvalue weighted by atomic mass is 16.2. The molecular weight excluding hydrogens is 178 g/mol.